The zero-order valence-electron chi connectivity index (χ0n) is 8.37. The lowest BCUT2D eigenvalue weighted by molar-refractivity contribution is -0.144. The van der Waals surface area contributed by atoms with Crippen molar-refractivity contribution in [1.82, 2.24) is 4.90 Å². The number of piperidine rings is 1. The fraction of sp³-hybridized carbons (Fsp3) is 0.700. The number of carbonyl (C=O) groups is 1. The van der Waals surface area contributed by atoms with Gasteiger partial charge in [0.2, 0.25) is 0 Å². The molecule has 0 aliphatic carbocycles. The lowest BCUT2D eigenvalue weighted by Crippen LogP contribution is -2.45. The molecule has 0 amide bonds. The van der Waals surface area contributed by atoms with Gasteiger partial charge in [-0.15, -0.1) is 0 Å². The quantitative estimate of drug-likeness (QED) is 0.787. The molecule has 1 saturated heterocycles. The number of nitrogens with zero attached hydrogens (tertiary/aromatic N) is 1. The summed E-state index contributed by atoms with van der Waals surface area (Å²) < 4.78 is 0. The van der Waals surface area contributed by atoms with Crippen LogP contribution in [0.15, 0.2) is 11.1 Å². The summed E-state index contributed by atoms with van der Waals surface area (Å²) >= 11 is 5.56. The molecular weight excluding hydrogens is 202 g/mol. The van der Waals surface area contributed by atoms with Crippen LogP contribution in [0.4, 0.5) is 0 Å². The first-order valence-corrected chi connectivity index (χ1v) is 5.31. The summed E-state index contributed by atoms with van der Waals surface area (Å²) in [6, 6.07) is -0.324. The summed E-state index contributed by atoms with van der Waals surface area (Å²) in [5.74, 6) is -0.716. The minimum Gasteiger partial charge on any atom is -0.480 e. The van der Waals surface area contributed by atoms with E-state index >= 15 is 0 Å². The van der Waals surface area contributed by atoms with Gasteiger partial charge in [0.15, 0.2) is 0 Å². The van der Waals surface area contributed by atoms with Crippen LogP contribution in [0.3, 0.4) is 0 Å². The van der Waals surface area contributed by atoms with Crippen molar-refractivity contribution in [2.24, 2.45) is 0 Å². The average Bonchev–Trinajstić information content (AvgIpc) is 2.18. The molecule has 0 aromatic heterocycles. The standard InChI is InChI=1S/C10H16ClNO2/c1-8(6-11)7-12-5-3-2-4-9(12)10(13)14/h6,9H,2-5,7H2,1H3,(H,13,14). The van der Waals surface area contributed by atoms with Gasteiger partial charge in [-0.3, -0.25) is 9.69 Å². The van der Waals surface area contributed by atoms with E-state index in [1.807, 2.05) is 11.8 Å². The molecule has 0 aromatic rings. The van der Waals surface area contributed by atoms with Crippen molar-refractivity contribution >= 4 is 17.6 Å². The van der Waals surface area contributed by atoms with Crippen LogP contribution in [0.5, 0.6) is 0 Å². The highest BCUT2D eigenvalue weighted by molar-refractivity contribution is 6.25. The van der Waals surface area contributed by atoms with Crippen LogP contribution in [-0.4, -0.2) is 35.1 Å². The van der Waals surface area contributed by atoms with Crippen LogP contribution in [0.25, 0.3) is 0 Å². The molecule has 0 radical (unpaired) electrons. The van der Waals surface area contributed by atoms with Crippen LogP contribution in [0, 0.1) is 0 Å². The lowest BCUT2D eigenvalue weighted by atomic mass is 10.0. The fourth-order valence-corrected chi connectivity index (χ4v) is 1.88. The van der Waals surface area contributed by atoms with E-state index in [4.69, 9.17) is 16.7 Å². The molecule has 1 N–H and O–H groups in total. The second kappa shape index (κ2) is 5.37. The molecule has 1 aliphatic rings. The summed E-state index contributed by atoms with van der Waals surface area (Å²) in [6.07, 6.45) is 2.85. The molecule has 1 unspecified atom stereocenters. The van der Waals surface area contributed by atoms with Crippen molar-refractivity contribution in [3.63, 3.8) is 0 Å². The van der Waals surface area contributed by atoms with Crippen molar-refractivity contribution in [1.29, 1.82) is 0 Å². The number of carboxylic acids is 1. The summed E-state index contributed by atoms with van der Waals surface area (Å²) in [6.45, 7) is 3.44. The van der Waals surface area contributed by atoms with Gasteiger partial charge in [-0.25, -0.2) is 0 Å². The minimum atomic E-state index is -0.716. The number of hydrogen-bond donors (Lipinski definition) is 1. The monoisotopic (exact) mass is 217 g/mol. The van der Waals surface area contributed by atoms with Gasteiger partial charge in [-0.2, -0.15) is 0 Å². The van der Waals surface area contributed by atoms with Crippen molar-refractivity contribution < 1.29 is 9.90 Å². The third-order valence-electron chi connectivity index (χ3n) is 2.54. The molecule has 0 saturated carbocycles. The molecule has 4 heteroatoms. The van der Waals surface area contributed by atoms with E-state index in [1.165, 1.54) is 5.54 Å². The van der Waals surface area contributed by atoms with Gasteiger partial charge >= 0.3 is 5.97 Å². The number of rotatable bonds is 3. The summed E-state index contributed by atoms with van der Waals surface area (Å²) in [5, 5.41) is 9.00. The average molecular weight is 218 g/mol. The number of carboxylic acid groups (broad SMARTS) is 1. The zero-order valence-corrected chi connectivity index (χ0v) is 9.13. The molecule has 0 aromatic carbocycles. The minimum absolute atomic E-state index is 0.324. The number of likely N-dealkylation sites (tertiary alicyclic amines) is 1. The largest absolute Gasteiger partial charge is 0.480 e. The van der Waals surface area contributed by atoms with Crippen molar-refractivity contribution in [2.45, 2.75) is 32.2 Å². The molecule has 1 rings (SSSR count). The molecule has 3 nitrogen and oxygen atoms in total. The smallest absolute Gasteiger partial charge is 0.320 e. The molecule has 1 fully saturated rings. The maximum absolute atomic E-state index is 10.9. The highest BCUT2D eigenvalue weighted by Crippen LogP contribution is 2.18. The third kappa shape index (κ3) is 3.00. The first kappa shape index (κ1) is 11.5. The molecule has 14 heavy (non-hydrogen) atoms. The van der Waals surface area contributed by atoms with E-state index in [-0.39, 0.29) is 6.04 Å². The summed E-state index contributed by atoms with van der Waals surface area (Å²) in [7, 11) is 0. The SMILES string of the molecule is CC(=CCl)CN1CCCCC1C(=O)O. The Balaban J connectivity index is 2.58. The maximum atomic E-state index is 10.9. The first-order valence-electron chi connectivity index (χ1n) is 4.88. The Hall–Kier alpha value is -0.540. The van der Waals surface area contributed by atoms with Crippen LogP contribution >= 0.6 is 11.6 Å². The Morgan fingerprint density at radius 3 is 2.93 bits per heavy atom. The van der Waals surface area contributed by atoms with E-state index in [2.05, 4.69) is 0 Å². The van der Waals surface area contributed by atoms with Crippen molar-refractivity contribution in [3.05, 3.63) is 11.1 Å². The summed E-state index contributed by atoms with van der Waals surface area (Å²) in [4.78, 5) is 12.9. The third-order valence-corrected chi connectivity index (χ3v) is 2.91. The number of hydrogen-bond acceptors (Lipinski definition) is 2. The van der Waals surface area contributed by atoms with Gasteiger partial charge in [0, 0.05) is 12.1 Å². The predicted molar refractivity (Wildman–Crippen MR) is 56.5 cm³/mol. The Bertz CT molecular complexity index is 240. The highest BCUT2D eigenvalue weighted by Gasteiger charge is 2.27. The normalized spacial score (nSPS) is 25.0. The Kier molecular flexibility index (Phi) is 4.42. The molecular formula is C10H16ClNO2. The molecule has 80 valence electrons. The second-order valence-electron chi connectivity index (χ2n) is 3.78. The van der Waals surface area contributed by atoms with Gasteiger partial charge in [0.05, 0.1) is 0 Å². The van der Waals surface area contributed by atoms with Crippen LogP contribution in [0.1, 0.15) is 26.2 Å². The van der Waals surface area contributed by atoms with Gasteiger partial charge in [-0.05, 0) is 31.9 Å². The molecule has 1 aliphatic heterocycles. The van der Waals surface area contributed by atoms with Crippen molar-refractivity contribution in [3.8, 4) is 0 Å². The first-order chi connectivity index (χ1) is 6.65. The highest BCUT2D eigenvalue weighted by atomic mass is 35.5. The Labute approximate surface area is 89.3 Å². The van der Waals surface area contributed by atoms with Gasteiger partial charge < -0.3 is 5.11 Å². The molecule has 0 spiro atoms. The van der Waals surface area contributed by atoms with Gasteiger partial charge in [0.25, 0.3) is 0 Å². The van der Waals surface area contributed by atoms with Crippen LogP contribution < -0.4 is 0 Å². The Morgan fingerprint density at radius 1 is 1.64 bits per heavy atom. The van der Waals surface area contributed by atoms with E-state index in [1.54, 1.807) is 0 Å². The van der Waals surface area contributed by atoms with Crippen LogP contribution in [0.2, 0.25) is 0 Å². The fourth-order valence-electron chi connectivity index (χ4n) is 1.81. The molecule has 1 atom stereocenters. The molecule has 0 bridgehead atoms. The van der Waals surface area contributed by atoms with E-state index in [0.29, 0.717) is 6.54 Å². The van der Waals surface area contributed by atoms with Gasteiger partial charge in [0.1, 0.15) is 6.04 Å². The summed E-state index contributed by atoms with van der Waals surface area (Å²) in [5.41, 5.74) is 2.54. The number of halogens is 1. The Morgan fingerprint density at radius 2 is 2.36 bits per heavy atom. The van der Waals surface area contributed by atoms with E-state index < -0.39 is 5.97 Å². The maximum Gasteiger partial charge on any atom is 0.320 e. The topological polar surface area (TPSA) is 40.5 Å². The van der Waals surface area contributed by atoms with E-state index in [0.717, 1.165) is 31.4 Å². The zero-order chi connectivity index (χ0) is 10.6. The van der Waals surface area contributed by atoms with Crippen molar-refractivity contribution in [2.75, 3.05) is 13.1 Å². The lowest BCUT2D eigenvalue weighted by Gasteiger charge is -2.32. The number of aliphatic carboxylic acids is 1. The van der Waals surface area contributed by atoms with Gasteiger partial charge in [-0.1, -0.05) is 18.0 Å². The van der Waals surface area contributed by atoms with Crippen LogP contribution in [-0.2, 0) is 4.79 Å². The predicted octanol–water partition coefficient (Wildman–Crippen LogP) is 2.07. The second-order valence-corrected chi connectivity index (χ2v) is 3.99. The molecule has 1 heterocycles. The van der Waals surface area contributed by atoms with E-state index in [9.17, 15) is 4.79 Å².